The largest absolute Gasteiger partial charge is 0.330 e. The van der Waals surface area contributed by atoms with Crippen molar-refractivity contribution in [1.29, 1.82) is 0 Å². The molecule has 0 radical (unpaired) electrons. The first-order valence-corrected chi connectivity index (χ1v) is 5.08. The molecule has 0 fully saturated rings. The number of nitrogens with two attached hydrogens (primary N) is 1. The van der Waals surface area contributed by atoms with Crippen LogP contribution in [0.1, 0.15) is 24.6 Å². The minimum absolute atomic E-state index is 0.682. The Morgan fingerprint density at radius 2 is 2.54 bits per heavy atom. The first-order chi connectivity index (χ1) is 6.35. The highest BCUT2D eigenvalue weighted by Crippen LogP contribution is 2.24. The minimum atomic E-state index is 0.682. The Labute approximate surface area is 78.9 Å². The van der Waals surface area contributed by atoms with E-state index in [1.54, 1.807) is 0 Å². The molecule has 0 saturated carbocycles. The van der Waals surface area contributed by atoms with E-state index in [-0.39, 0.29) is 0 Å². The quantitative estimate of drug-likeness (QED) is 0.735. The van der Waals surface area contributed by atoms with Gasteiger partial charge in [-0.25, -0.2) is 0 Å². The average Bonchev–Trinajstić information content (AvgIpc) is 2.59. The van der Waals surface area contributed by atoms with Crippen LogP contribution in [0.3, 0.4) is 0 Å². The number of nitrogens with zero attached hydrogens (tertiary/aromatic N) is 2. The van der Waals surface area contributed by atoms with Crippen LogP contribution in [0.15, 0.2) is 6.20 Å². The zero-order valence-corrected chi connectivity index (χ0v) is 8.16. The molecule has 0 aliphatic heterocycles. The molecule has 0 saturated heterocycles. The molecule has 72 valence electrons. The van der Waals surface area contributed by atoms with Crippen molar-refractivity contribution in [2.24, 2.45) is 11.7 Å². The molecule has 3 nitrogen and oxygen atoms in total. The van der Waals surface area contributed by atoms with Gasteiger partial charge >= 0.3 is 0 Å². The lowest BCUT2D eigenvalue weighted by molar-refractivity contribution is 0.453. The molecule has 3 heteroatoms. The monoisotopic (exact) mass is 179 g/mol. The fourth-order valence-electron chi connectivity index (χ4n) is 2.14. The van der Waals surface area contributed by atoms with Crippen molar-refractivity contribution in [3.05, 3.63) is 17.5 Å². The summed E-state index contributed by atoms with van der Waals surface area (Å²) >= 11 is 0. The fraction of sp³-hybridized carbons (Fsp3) is 0.700. The SMILES string of the molecule is CCn1ncc2c1CC[C@H](CN)C2. The predicted molar refractivity (Wildman–Crippen MR) is 52.5 cm³/mol. The lowest BCUT2D eigenvalue weighted by Crippen LogP contribution is -2.22. The molecule has 1 aliphatic rings. The van der Waals surface area contributed by atoms with Crippen molar-refractivity contribution in [1.82, 2.24) is 9.78 Å². The van der Waals surface area contributed by atoms with Gasteiger partial charge in [0.05, 0.1) is 6.20 Å². The third-order valence-electron chi connectivity index (χ3n) is 2.97. The Balaban J connectivity index is 2.22. The third-order valence-corrected chi connectivity index (χ3v) is 2.97. The lowest BCUT2D eigenvalue weighted by Gasteiger charge is -2.21. The number of fused-ring (bicyclic) bond motifs is 1. The molecule has 2 N–H and O–H groups in total. The molecule has 1 heterocycles. The Morgan fingerprint density at radius 1 is 1.69 bits per heavy atom. The van der Waals surface area contributed by atoms with Crippen LogP contribution in [0.2, 0.25) is 0 Å². The summed E-state index contributed by atoms with van der Waals surface area (Å²) in [6.45, 7) is 3.95. The predicted octanol–water partition coefficient (Wildman–Crippen LogP) is 0.967. The molecular weight excluding hydrogens is 162 g/mol. The summed E-state index contributed by atoms with van der Waals surface area (Å²) in [5, 5.41) is 4.36. The van der Waals surface area contributed by atoms with E-state index in [1.807, 2.05) is 6.20 Å². The van der Waals surface area contributed by atoms with Crippen LogP contribution in [0, 0.1) is 5.92 Å². The third kappa shape index (κ3) is 1.48. The van der Waals surface area contributed by atoms with E-state index >= 15 is 0 Å². The average molecular weight is 179 g/mol. The van der Waals surface area contributed by atoms with Gasteiger partial charge in [-0.3, -0.25) is 4.68 Å². The molecule has 1 aliphatic carbocycles. The number of hydrogen-bond acceptors (Lipinski definition) is 2. The van der Waals surface area contributed by atoms with E-state index < -0.39 is 0 Å². The van der Waals surface area contributed by atoms with Gasteiger partial charge in [-0.2, -0.15) is 5.10 Å². The van der Waals surface area contributed by atoms with Crippen molar-refractivity contribution in [3.63, 3.8) is 0 Å². The Bertz CT molecular complexity index is 290. The maximum Gasteiger partial charge on any atom is 0.0524 e. The van der Waals surface area contributed by atoms with E-state index in [4.69, 9.17) is 5.73 Å². The fourth-order valence-corrected chi connectivity index (χ4v) is 2.14. The van der Waals surface area contributed by atoms with Gasteiger partial charge in [-0.15, -0.1) is 0 Å². The van der Waals surface area contributed by atoms with Crippen LogP contribution in [-0.2, 0) is 19.4 Å². The van der Waals surface area contributed by atoms with Crippen molar-refractivity contribution < 1.29 is 0 Å². The van der Waals surface area contributed by atoms with Gasteiger partial charge in [-0.1, -0.05) is 0 Å². The van der Waals surface area contributed by atoms with Gasteiger partial charge in [0.25, 0.3) is 0 Å². The molecule has 1 aromatic rings. The van der Waals surface area contributed by atoms with E-state index in [1.165, 1.54) is 17.7 Å². The van der Waals surface area contributed by atoms with Crippen LogP contribution in [0.4, 0.5) is 0 Å². The molecule has 0 aromatic carbocycles. The van der Waals surface area contributed by atoms with Crippen LogP contribution < -0.4 is 5.73 Å². The number of rotatable bonds is 2. The Hall–Kier alpha value is -0.830. The molecule has 1 aromatic heterocycles. The summed E-state index contributed by atoms with van der Waals surface area (Å²) in [5.41, 5.74) is 8.53. The van der Waals surface area contributed by atoms with E-state index in [0.29, 0.717) is 5.92 Å². The Kier molecular flexibility index (Phi) is 2.36. The van der Waals surface area contributed by atoms with Gasteiger partial charge < -0.3 is 5.73 Å². The van der Waals surface area contributed by atoms with Crippen LogP contribution >= 0.6 is 0 Å². The second-order valence-electron chi connectivity index (χ2n) is 3.78. The molecule has 1 atom stereocenters. The van der Waals surface area contributed by atoms with Gasteiger partial charge in [0.15, 0.2) is 0 Å². The number of aryl methyl sites for hydroxylation is 1. The zero-order chi connectivity index (χ0) is 9.26. The molecular formula is C10H17N3. The van der Waals surface area contributed by atoms with Gasteiger partial charge in [0.2, 0.25) is 0 Å². The maximum atomic E-state index is 5.67. The van der Waals surface area contributed by atoms with Gasteiger partial charge in [-0.05, 0) is 44.2 Å². The van der Waals surface area contributed by atoms with E-state index in [0.717, 1.165) is 25.9 Å². The number of aromatic nitrogens is 2. The standard InChI is InChI=1S/C10H17N3/c1-2-13-10-4-3-8(6-11)5-9(10)7-12-13/h7-8H,2-6,11H2,1H3/t8-/m0/s1. The maximum absolute atomic E-state index is 5.67. The smallest absolute Gasteiger partial charge is 0.0524 e. The van der Waals surface area contributed by atoms with Crippen molar-refractivity contribution in [2.45, 2.75) is 32.7 Å². The summed E-state index contributed by atoms with van der Waals surface area (Å²) in [6, 6.07) is 0. The molecule has 0 amide bonds. The molecule has 0 spiro atoms. The van der Waals surface area contributed by atoms with Crippen molar-refractivity contribution in [3.8, 4) is 0 Å². The van der Waals surface area contributed by atoms with Crippen molar-refractivity contribution >= 4 is 0 Å². The summed E-state index contributed by atoms with van der Waals surface area (Å²) < 4.78 is 2.11. The molecule has 2 rings (SSSR count). The topological polar surface area (TPSA) is 43.8 Å². The van der Waals surface area contributed by atoms with E-state index in [9.17, 15) is 0 Å². The first-order valence-electron chi connectivity index (χ1n) is 5.08. The highest BCUT2D eigenvalue weighted by atomic mass is 15.3. The van der Waals surface area contributed by atoms with Crippen LogP contribution in [-0.4, -0.2) is 16.3 Å². The zero-order valence-electron chi connectivity index (χ0n) is 8.16. The second kappa shape index (κ2) is 3.50. The van der Waals surface area contributed by atoms with Gasteiger partial charge in [0, 0.05) is 12.2 Å². The van der Waals surface area contributed by atoms with Crippen molar-refractivity contribution in [2.75, 3.05) is 6.54 Å². The summed E-state index contributed by atoms with van der Waals surface area (Å²) in [7, 11) is 0. The molecule has 0 unspecified atom stereocenters. The summed E-state index contributed by atoms with van der Waals surface area (Å²) in [6.07, 6.45) is 5.53. The highest BCUT2D eigenvalue weighted by molar-refractivity contribution is 5.21. The summed E-state index contributed by atoms with van der Waals surface area (Å²) in [4.78, 5) is 0. The normalized spacial score (nSPS) is 21.5. The number of hydrogen-bond donors (Lipinski definition) is 1. The highest BCUT2D eigenvalue weighted by Gasteiger charge is 2.20. The summed E-state index contributed by atoms with van der Waals surface area (Å²) in [5.74, 6) is 0.682. The van der Waals surface area contributed by atoms with E-state index in [2.05, 4.69) is 16.7 Å². The Morgan fingerprint density at radius 3 is 3.23 bits per heavy atom. The van der Waals surface area contributed by atoms with Gasteiger partial charge in [0.1, 0.15) is 0 Å². The molecule has 0 bridgehead atoms. The lowest BCUT2D eigenvalue weighted by atomic mass is 9.88. The first kappa shape index (κ1) is 8.75. The van der Waals surface area contributed by atoms with Crippen LogP contribution in [0.25, 0.3) is 0 Å². The second-order valence-corrected chi connectivity index (χ2v) is 3.78. The minimum Gasteiger partial charge on any atom is -0.330 e. The molecule has 13 heavy (non-hydrogen) atoms. The van der Waals surface area contributed by atoms with Crippen LogP contribution in [0.5, 0.6) is 0 Å².